The maximum absolute atomic E-state index is 11.4. The topological polar surface area (TPSA) is 52.6 Å². The highest BCUT2D eigenvalue weighted by molar-refractivity contribution is 5.91. The van der Waals surface area contributed by atoms with Crippen molar-refractivity contribution < 1.29 is 19.1 Å². The Hall–Kier alpha value is -1.32. The lowest BCUT2D eigenvalue weighted by molar-refractivity contribution is -0.140. The maximum atomic E-state index is 11.4. The highest BCUT2D eigenvalue weighted by Gasteiger charge is 2.01. The molecule has 4 heteroatoms. The SMILES string of the molecule is CCCCCCOC(=O)/C=C\C(=O)OCCCCCCC(C)C. The van der Waals surface area contributed by atoms with Crippen LogP contribution in [0.2, 0.25) is 0 Å². The van der Waals surface area contributed by atoms with Gasteiger partial charge in [0.05, 0.1) is 13.2 Å². The summed E-state index contributed by atoms with van der Waals surface area (Å²) < 4.78 is 10.0. The van der Waals surface area contributed by atoms with Crippen LogP contribution in [-0.4, -0.2) is 25.2 Å². The van der Waals surface area contributed by atoms with Gasteiger partial charge in [-0.05, 0) is 18.8 Å². The van der Waals surface area contributed by atoms with Crippen LogP contribution in [-0.2, 0) is 19.1 Å². The fourth-order valence-electron chi connectivity index (χ4n) is 2.11. The molecule has 0 aliphatic carbocycles. The highest BCUT2D eigenvalue weighted by atomic mass is 16.5. The molecule has 4 nitrogen and oxygen atoms in total. The molecule has 0 spiro atoms. The van der Waals surface area contributed by atoms with Crippen LogP contribution in [0, 0.1) is 5.92 Å². The smallest absolute Gasteiger partial charge is 0.331 e. The molecule has 0 bridgehead atoms. The average Bonchev–Trinajstić information content (AvgIpc) is 2.51. The molecular formula is C19H34O4. The van der Waals surface area contributed by atoms with E-state index in [0.717, 1.165) is 56.6 Å². The van der Waals surface area contributed by atoms with Gasteiger partial charge in [0.15, 0.2) is 0 Å². The largest absolute Gasteiger partial charge is 0.463 e. The predicted octanol–water partition coefficient (Wildman–Crippen LogP) is 4.82. The molecule has 0 aliphatic rings. The molecular weight excluding hydrogens is 292 g/mol. The van der Waals surface area contributed by atoms with Crippen molar-refractivity contribution in [2.24, 2.45) is 5.92 Å². The summed E-state index contributed by atoms with van der Waals surface area (Å²) in [5.74, 6) is -0.202. The van der Waals surface area contributed by atoms with E-state index in [2.05, 4.69) is 20.8 Å². The van der Waals surface area contributed by atoms with Gasteiger partial charge in [0, 0.05) is 12.2 Å². The molecule has 0 heterocycles. The van der Waals surface area contributed by atoms with E-state index in [1.165, 1.54) is 19.3 Å². The highest BCUT2D eigenvalue weighted by Crippen LogP contribution is 2.09. The van der Waals surface area contributed by atoms with E-state index in [9.17, 15) is 9.59 Å². The molecule has 0 N–H and O–H groups in total. The zero-order chi connectivity index (χ0) is 17.3. The van der Waals surface area contributed by atoms with E-state index in [-0.39, 0.29) is 0 Å². The summed E-state index contributed by atoms with van der Waals surface area (Å²) in [5, 5.41) is 0. The van der Waals surface area contributed by atoms with Crippen molar-refractivity contribution in [3.8, 4) is 0 Å². The summed E-state index contributed by atoms with van der Waals surface area (Å²) >= 11 is 0. The number of carbonyl (C=O) groups excluding carboxylic acids is 2. The first-order valence-corrected chi connectivity index (χ1v) is 9.07. The van der Waals surface area contributed by atoms with Crippen molar-refractivity contribution in [2.75, 3.05) is 13.2 Å². The zero-order valence-electron chi connectivity index (χ0n) is 15.1. The lowest BCUT2D eigenvalue weighted by Gasteiger charge is -2.04. The summed E-state index contributed by atoms with van der Waals surface area (Å²) in [6.45, 7) is 7.41. The standard InChI is InChI=1S/C19H34O4/c1-4-5-6-10-15-22-18(20)13-14-19(21)23-16-11-8-7-9-12-17(2)3/h13-14,17H,4-12,15-16H2,1-3H3/b14-13-. The Labute approximate surface area is 141 Å². The lowest BCUT2D eigenvalue weighted by atomic mass is 10.0. The molecule has 0 saturated carbocycles. The van der Waals surface area contributed by atoms with Gasteiger partial charge in [-0.1, -0.05) is 65.7 Å². The summed E-state index contributed by atoms with van der Waals surface area (Å²) in [4.78, 5) is 22.8. The number of hydrogen-bond acceptors (Lipinski definition) is 4. The Balaban J connectivity index is 3.51. The van der Waals surface area contributed by atoms with Gasteiger partial charge < -0.3 is 9.47 Å². The summed E-state index contributed by atoms with van der Waals surface area (Å²) in [5.41, 5.74) is 0. The van der Waals surface area contributed by atoms with Gasteiger partial charge in [-0.15, -0.1) is 0 Å². The minimum Gasteiger partial charge on any atom is -0.463 e. The van der Waals surface area contributed by atoms with Crippen LogP contribution in [0.5, 0.6) is 0 Å². The Morgan fingerprint density at radius 2 is 1.26 bits per heavy atom. The Morgan fingerprint density at radius 3 is 1.74 bits per heavy atom. The first-order chi connectivity index (χ1) is 11.1. The number of hydrogen-bond donors (Lipinski definition) is 0. The van der Waals surface area contributed by atoms with E-state index in [4.69, 9.17) is 9.47 Å². The van der Waals surface area contributed by atoms with Crippen LogP contribution < -0.4 is 0 Å². The van der Waals surface area contributed by atoms with Crippen LogP contribution in [0.4, 0.5) is 0 Å². The first-order valence-electron chi connectivity index (χ1n) is 9.07. The third-order valence-corrected chi connectivity index (χ3v) is 3.52. The summed E-state index contributed by atoms with van der Waals surface area (Å²) in [7, 11) is 0. The average molecular weight is 326 g/mol. The second kappa shape index (κ2) is 15.6. The Morgan fingerprint density at radius 1 is 0.783 bits per heavy atom. The lowest BCUT2D eigenvalue weighted by Crippen LogP contribution is -2.06. The first kappa shape index (κ1) is 21.7. The van der Waals surface area contributed by atoms with Gasteiger partial charge in [-0.25, -0.2) is 9.59 Å². The number of carbonyl (C=O) groups is 2. The van der Waals surface area contributed by atoms with Crippen LogP contribution in [0.15, 0.2) is 12.2 Å². The van der Waals surface area contributed by atoms with Crippen molar-refractivity contribution >= 4 is 11.9 Å². The number of esters is 2. The number of unbranched alkanes of at least 4 members (excludes halogenated alkanes) is 6. The van der Waals surface area contributed by atoms with Gasteiger partial charge in [0.1, 0.15) is 0 Å². The van der Waals surface area contributed by atoms with Crippen LogP contribution >= 0.6 is 0 Å². The monoisotopic (exact) mass is 326 g/mol. The molecule has 0 aromatic heterocycles. The van der Waals surface area contributed by atoms with Gasteiger partial charge >= 0.3 is 11.9 Å². The second-order valence-electron chi connectivity index (χ2n) is 6.33. The third-order valence-electron chi connectivity index (χ3n) is 3.52. The zero-order valence-corrected chi connectivity index (χ0v) is 15.1. The van der Waals surface area contributed by atoms with Crippen molar-refractivity contribution in [3.63, 3.8) is 0 Å². The molecule has 0 aromatic rings. The normalized spacial score (nSPS) is 11.1. The predicted molar refractivity (Wildman–Crippen MR) is 93.1 cm³/mol. The van der Waals surface area contributed by atoms with Crippen LogP contribution in [0.3, 0.4) is 0 Å². The quantitative estimate of drug-likeness (QED) is 0.261. The summed E-state index contributed by atoms with van der Waals surface area (Å²) in [6.07, 6.45) is 12.1. The molecule has 0 amide bonds. The Kier molecular flexibility index (Phi) is 14.7. The number of rotatable bonds is 14. The van der Waals surface area contributed by atoms with Gasteiger partial charge in [-0.3, -0.25) is 0 Å². The minimum atomic E-state index is -0.480. The molecule has 0 fully saturated rings. The van der Waals surface area contributed by atoms with Crippen molar-refractivity contribution in [3.05, 3.63) is 12.2 Å². The van der Waals surface area contributed by atoms with E-state index < -0.39 is 11.9 Å². The van der Waals surface area contributed by atoms with E-state index in [1.807, 2.05) is 0 Å². The van der Waals surface area contributed by atoms with E-state index in [0.29, 0.717) is 13.2 Å². The van der Waals surface area contributed by atoms with Crippen molar-refractivity contribution in [1.82, 2.24) is 0 Å². The molecule has 0 saturated heterocycles. The molecule has 23 heavy (non-hydrogen) atoms. The van der Waals surface area contributed by atoms with Crippen molar-refractivity contribution in [1.29, 1.82) is 0 Å². The van der Waals surface area contributed by atoms with Gasteiger partial charge in [0.2, 0.25) is 0 Å². The van der Waals surface area contributed by atoms with E-state index in [1.54, 1.807) is 0 Å². The molecule has 0 aliphatic heterocycles. The van der Waals surface area contributed by atoms with Crippen LogP contribution in [0.1, 0.15) is 78.6 Å². The fraction of sp³-hybridized carbons (Fsp3) is 0.789. The fourth-order valence-corrected chi connectivity index (χ4v) is 2.11. The van der Waals surface area contributed by atoms with Crippen LogP contribution in [0.25, 0.3) is 0 Å². The maximum Gasteiger partial charge on any atom is 0.331 e. The molecule has 0 atom stereocenters. The second-order valence-corrected chi connectivity index (χ2v) is 6.33. The molecule has 0 radical (unpaired) electrons. The third kappa shape index (κ3) is 16.9. The van der Waals surface area contributed by atoms with Gasteiger partial charge in [-0.2, -0.15) is 0 Å². The van der Waals surface area contributed by atoms with E-state index >= 15 is 0 Å². The molecule has 0 rings (SSSR count). The van der Waals surface area contributed by atoms with Crippen molar-refractivity contribution in [2.45, 2.75) is 78.6 Å². The molecule has 0 unspecified atom stereocenters. The number of ether oxygens (including phenoxy) is 2. The molecule has 134 valence electrons. The Bertz CT molecular complexity index is 334. The van der Waals surface area contributed by atoms with Gasteiger partial charge in [0.25, 0.3) is 0 Å². The summed E-state index contributed by atoms with van der Waals surface area (Å²) in [6, 6.07) is 0. The molecule has 0 aromatic carbocycles. The minimum absolute atomic E-state index is 0.411.